The number of nitrogens with zero attached hydrogens (tertiary/aromatic N) is 4. The molecular formula is C22H22N4OS. The van der Waals surface area contributed by atoms with Crippen molar-refractivity contribution in [1.29, 1.82) is 0 Å². The van der Waals surface area contributed by atoms with Crippen molar-refractivity contribution in [3.05, 3.63) is 72.1 Å². The number of oxazole rings is 1. The molecule has 4 aromatic rings. The van der Waals surface area contributed by atoms with E-state index in [0.717, 1.165) is 40.8 Å². The number of rotatable bonds is 7. The van der Waals surface area contributed by atoms with Gasteiger partial charge in [0.1, 0.15) is 6.26 Å². The molecule has 2 heterocycles. The van der Waals surface area contributed by atoms with Crippen molar-refractivity contribution in [2.45, 2.75) is 37.7 Å². The minimum absolute atomic E-state index is 0.645. The van der Waals surface area contributed by atoms with E-state index in [1.54, 1.807) is 18.0 Å². The number of benzene rings is 2. The van der Waals surface area contributed by atoms with Crippen LogP contribution in [0.25, 0.3) is 22.8 Å². The lowest BCUT2D eigenvalue weighted by atomic mass is 10.1. The molecule has 0 atom stereocenters. The molecule has 0 radical (unpaired) electrons. The van der Waals surface area contributed by atoms with E-state index in [1.807, 2.05) is 30.3 Å². The molecule has 0 saturated carbocycles. The van der Waals surface area contributed by atoms with Gasteiger partial charge in [-0.3, -0.25) is 0 Å². The first-order valence-electron chi connectivity index (χ1n) is 9.37. The summed E-state index contributed by atoms with van der Waals surface area (Å²) in [6, 6.07) is 18.3. The van der Waals surface area contributed by atoms with Crippen LogP contribution >= 0.6 is 11.8 Å². The third kappa shape index (κ3) is 4.02. The first-order chi connectivity index (χ1) is 13.7. The molecule has 0 saturated heterocycles. The summed E-state index contributed by atoms with van der Waals surface area (Å²) in [5.74, 6) is 2.25. The Balaban J connectivity index is 1.53. The van der Waals surface area contributed by atoms with Crippen LogP contribution in [0.15, 0.2) is 70.4 Å². The number of thioether (sulfide) groups is 1. The van der Waals surface area contributed by atoms with Gasteiger partial charge in [0.15, 0.2) is 11.0 Å². The molecular weight excluding hydrogens is 368 g/mol. The minimum atomic E-state index is 0.645. The topological polar surface area (TPSA) is 56.7 Å². The second-order valence-electron chi connectivity index (χ2n) is 6.63. The lowest BCUT2D eigenvalue weighted by Gasteiger charge is -2.08. The second-order valence-corrected chi connectivity index (χ2v) is 7.57. The van der Waals surface area contributed by atoms with E-state index in [2.05, 4.69) is 57.9 Å². The number of hydrogen-bond acceptors (Lipinski definition) is 5. The molecule has 0 amide bonds. The van der Waals surface area contributed by atoms with E-state index in [1.165, 1.54) is 5.56 Å². The van der Waals surface area contributed by atoms with Crippen molar-refractivity contribution in [3.63, 3.8) is 0 Å². The Morgan fingerprint density at radius 3 is 2.61 bits per heavy atom. The fraction of sp³-hybridized carbons (Fsp3) is 0.227. The summed E-state index contributed by atoms with van der Waals surface area (Å²) in [5, 5.41) is 9.80. The molecule has 142 valence electrons. The van der Waals surface area contributed by atoms with Crippen molar-refractivity contribution in [2.24, 2.45) is 0 Å². The van der Waals surface area contributed by atoms with Gasteiger partial charge in [-0.15, -0.1) is 10.2 Å². The zero-order chi connectivity index (χ0) is 19.3. The second kappa shape index (κ2) is 8.44. The van der Waals surface area contributed by atoms with E-state index < -0.39 is 0 Å². The van der Waals surface area contributed by atoms with Gasteiger partial charge in [0, 0.05) is 23.4 Å². The Morgan fingerprint density at radius 2 is 1.82 bits per heavy atom. The maximum atomic E-state index is 5.64. The van der Waals surface area contributed by atoms with E-state index in [4.69, 9.17) is 4.42 Å². The largest absolute Gasteiger partial charge is 0.444 e. The average Bonchev–Trinajstić information content (AvgIpc) is 3.35. The number of hydrogen-bond donors (Lipinski definition) is 0. The molecule has 2 aromatic carbocycles. The Morgan fingerprint density at radius 1 is 1.00 bits per heavy atom. The van der Waals surface area contributed by atoms with Crippen LogP contribution in [0.3, 0.4) is 0 Å². The van der Waals surface area contributed by atoms with Crippen molar-refractivity contribution >= 4 is 11.8 Å². The normalized spacial score (nSPS) is 11.1. The molecule has 0 spiro atoms. The Labute approximate surface area is 168 Å². The smallest absolute Gasteiger partial charge is 0.226 e. The molecule has 28 heavy (non-hydrogen) atoms. The summed E-state index contributed by atoms with van der Waals surface area (Å²) < 4.78 is 7.83. The number of aryl methyl sites for hydroxylation is 1. The molecule has 5 nitrogen and oxygen atoms in total. The van der Waals surface area contributed by atoms with Crippen molar-refractivity contribution in [2.75, 3.05) is 0 Å². The summed E-state index contributed by atoms with van der Waals surface area (Å²) >= 11 is 1.64. The lowest BCUT2D eigenvalue weighted by Crippen LogP contribution is -2.02. The molecule has 0 aliphatic heterocycles. The first kappa shape index (κ1) is 18.5. The van der Waals surface area contributed by atoms with Gasteiger partial charge in [-0.05, 0) is 31.5 Å². The highest BCUT2D eigenvalue weighted by atomic mass is 32.2. The maximum Gasteiger partial charge on any atom is 0.226 e. The van der Waals surface area contributed by atoms with Gasteiger partial charge >= 0.3 is 0 Å². The zero-order valence-corrected chi connectivity index (χ0v) is 16.8. The molecule has 4 rings (SSSR count). The van der Waals surface area contributed by atoms with Crippen molar-refractivity contribution in [1.82, 2.24) is 19.7 Å². The summed E-state index contributed by atoms with van der Waals surface area (Å²) in [5.41, 5.74) is 4.19. The quantitative estimate of drug-likeness (QED) is 0.384. The summed E-state index contributed by atoms with van der Waals surface area (Å²) in [7, 11) is 0. The third-order valence-electron chi connectivity index (χ3n) is 4.36. The summed E-state index contributed by atoms with van der Waals surface area (Å²) in [6.45, 7) is 5.14. The van der Waals surface area contributed by atoms with E-state index in [0.29, 0.717) is 11.6 Å². The lowest BCUT2D eigenvalue weighted by molar-refractivity contribution is 0.573. The highest BCUT2D eigenvalue weighted by molar-refractivity contribution is 7.98. The molecule has 0 fully saturated rings. The maximum absolute atomic E-state index is 5.64. The molecule has 0 aliphatic rings. The van der Waals surface area contributed by atoms with E-state index in [-0.39, 0.29) is 0 Å². The van der Waals surface area contributed by atoms with Gasteiger partial charge in [-0.2, -0.15) is 0 Å². The van der Waals surface area contributed by atoms with Crippen LogP contribution in [0.2, 0.25) is 0 Å². The Hall–Kier alpha value is -2.86. The fourth-order valence-electron chi connectivity index (χ4n) is 3.04. The van der Waals surface area contributed by atoms with Crippen LogP contribution in [-0.4, -0.2) is 19.7 Å². The fourth-order valence-corrected chi connectivity index (χ4v) is 3.89. The highest BCUT2D eigenvalue weighted by Gasteiger charge is 2.15. The van der Waals surface area contributed by atoms with Gasteiger partial charge < -0.3 is 8.98 Å². The predicted octanol–water partition coefficient (Wildman–Crippen LogP) is 5.61. The molecule has 0 bridgehead atoms. The van der Waals surface area contributed by atoms with Gasteiger partial charge in [0.2, 0.25) is 5.89 Å². The molecule has 0 unspecified atom stereocenters. The highest BCUT2D eigenvalue weighted by Crippen LogP contribution is 2.28. The van der Waals surface area contributed by atoms with Crippen LogP contribution in [0, 0.1) is 6.92 Å². The van der Waals surface area contributed by atoms with Gasteiger partial charge in [-0.25, -0.2) is 4.98 Å². The monoisotopic (exact) mass is 390 g/mol. The van der Waals surface area contributed by atoms with E-state index in [9.17, 15) is 0 Å². The first-order valence-corrected chi connectivity index (χ1v) is 10.4. The predicted molar refractivity (Wildman–Crippen MR) is 112 cm³/mol. The van der Waals surface area contributed by atoms with Crippen molar-refractivity contribution in [3.8, 4) is 22.8 Å². The summed E-state index contributed by atoms with van der Waals surface area (Å²) in [6.07, 6.45) is 2.74. The third-order valence-corrected chi connectivity index (χ3v) is 5.36. The van der Waals surface area contributed by atoms with Crippen LogP contribution in [0.1, 0.15) is 24.6 Å². The minimum Gasteiger partial charge on any atom is -0.444 e. The van der Waals surface area contributed by atoms with Gasteiger partial charge in [0.05, 0.1) is 5.69 Å². The molecule has 6 heteroatoms. The Kier molecular flexibility index (Phi) is 5.58. The standard InChI is InChI=1S/C22H22N4OS/c1-3-12-26-20(18-11-7-8-16(2)13-18)24-25-22(26)28-15-19-14-27-21(23-19)17-9-5-4-6-10-17/h4-11,13-14H,3,12,15H2,1-2H3. The Bertz CT molecular complexity index is 1060. The molecule has 2 aromatic heterocycles. The van der Waals surface area contributed by atoms with Crippen LogP contribution < -0.4 is 0 Å². The van der Waals surface area contributed by atoms with Crippen LogP contribution in [0.5, 0.6) is 0 Å². The van der Waals surface area contributed by atoms with E-state index >= 15 is 0 Å². The van der Waals surface area contributed by atoms with Gasteiger partial charge in [-0.1, -0.05) is 60.6 Å². The van der Waals surface area contributed by atoms with Crippen LogP contribution in [0.4, 0.5) is 0 Å². The molecule has 0 N–H and O–H groups in total. The molecule has 0 aliphatic carbocycles. The SMILES string of the molecule is CCCn1c(SCc2coc(-c3ccccc3)n2)nnc1-c1cccc(C)c1. The number of aromatic nitrogens is 4. The van der Waals surface area contributed by atoms with Gasteiger partial charge in [0.25, 0.3) is 0 Å². The summed E-state index contributed by atoms with van der Waals surface area (Å²) in [4.78, 5) is 4.60. The average molecular weight is 391 g/mol. The van der Waals surface area contributed by atoms with Crippen LogP contribution in [-0.2, 0) is 12.3 Å². The zero-order valence-electron chi connectivity index (χ0n) is 16.0. The van der Waals surface area contributed by atoms with Crippen molar-refractivity contribution < 1.29 is 4.42 Å².